The molecule has 0 unspecified atom stereocenters. The summed E-state index contributed by atoms with van der Waals surface area (Å²) in [4.78, 5) is 25.9. The van der Waals surface area contributed by atoms with Crippen molar-refractivity contribution in [1.82, 2.24) is 5.32 Å². The number of fused-ring (bicyclic) bond motifs is 1. The van der Waals surface area contributed by atoms with Crippen molar-refractivity contribution in [3.8, 4) is 0 Å². The molecule has 2 N–H and O–H groups in total. The molecule has 26 heavy (non-hydrogen) atoms. The number of carbonyl (C=O) groups excluding carboxylic acids is 2. The standard InChI is InChI=1S/C20H23N3O3/c1-14(23-12-11-15-5-3-4-6-18(15)23)13-21-19(24)16-7-9-17(10-8-16)22-20(25)26-2/h3-10,14H,11-13H2,1-2H3,(H,21,24)(H,22,25)/t14-/m0/s1. The molecular weight excluding hydrogens is 330 g/mol. The van der Waals surface area contributed by atoms with Gasteiger partial charge in [0.25, 0.3) is 5.91 Å². The van der Waals surface area contributed by atoms with Crippen molar-refractivity contribution < 1.29 is 14.3 Å². The Balaban J connectivity index is 1.55. The number of nitrogens with one attached hydrogen (secondary N) is 2. The smallest absolute Gasteiger partial charge is 0.411 e. The lowest BCUT2D eigenvalue weighted by molar-refractivity contribution is 0.0951. The van der Waals surface area contributed by atoms with Crippen LogP contribution in [0.2, 0.25) is 0 Å². The molecule has 1 heterocycles. The summed E-state index contributed by atoms with van der Waals surface area (Å²) in [5, 5.41) is 5.54. The van der Waals surface area contributed by atoms with Crippen LogP contribution in [0, 0.1) is 0 Å². The van der Waals surface area contributed by atoms with E-state index in [9.17, 15) is 9.59 Å². The molecule has 1 aliphatic heterocycles. The Morgan fingerprint density at radius 1 is 1.15 bits per heavy atom. The summed E-state index contributed by atoms with van der Waals surface area (Å²) >= 11 is 0. The van der Waals surface area contributed by atoms with Crippen LogP contribution >= 0.6 is 0 Å². The van der Waals surface area contributed by atoms with Crippen molar-refractivity contribution >= 4 is 23.4 Å². The summed E-state index contributed by atoms with van der Waals surface area (Å²) in [6.45, 7) is 3.66. The van der Waals surface area contributed by atoms with Gasteiger partial charge in [-0.1, -0.05) is 18.2 Å². The first kappa shape index (κ1) is 17.8. The van der Waals surface area contributed by atoms with Gasteiger partial charge in [0.05, 0.1) is 7.11 Å². The van der Waals surface area contributed by atoms with Gasteiger partial charge in [-0.3, -0.25) is 10.1 Å². The molecule has 1 atom stereocenters. The average Bonchev–Trinajstić information content (AvgIpc) is 3.10. The third-order valence-corrected chi connectivity index (χ3v) is 4.59. The molecule has 2 amide bonds. The molecule has 1 aliphatic rings. The van der Waals surface area contributed by atoms with E-state index in [0.29, 0.717) is 17.8 Å². The highest BCUT2D eigenvalue weighted by Crippen LogP contribution is 2.28. The lowest BCUT2D eigenvalue weighted by Gasteiger charge is -2.27. The lowest BCUT2D eigenvalue weighted by Crippen LogP contribution is -2.41. The van der Waals surface area contributed by atoms with Crippen LogP contribution in [0.3, 0.4) is 0 Å². The van der Waals surface area contributed by atoms with Gasteiger partial charge in [-0.25, -0.2) is 4.79 Å². The minimum atomic E-state index is -0.540. The fourth-order valence-corrected chi connectivity index (χ4v) is 3.15. The maximum Gasteiger partial charge on any atom is 0.411 e. The second-order valence-corrected chi connectivity index (χ2v) is 6.33. The Labute approximate surface area is 153 Å². The molecule has 0 aliphatic carbocycles. The van der Waals surface area contributed by atoms with Gasteiger partial charge in [0.2, 0.25) is 0 Å². The SMILES string of the molecule is COC(=O)Nc1ccc(C(=O)NC[C@H](C)N2CCc3ccccc32)cc1. The zero-order valence-corrected chi connectivity index (χ0v) is 15.0. The molecule has 6 heteroatoms. The maximum atomic E-state index is 12.4. The van der Waals surface area contributed by atoms with Gasteiger partial charge in [0.15, 0.2) is 0 Å². The number of benzene rings is 2. The van der Waals surface area contributed by atoms with Crippen molar-refractivity contribution in [2.45, 2.75) is 19.4 Å². The van der Waals surface area contributed by atoms with Crippen LogP contribution in [0.25, 0.3) is 0 Å². The van der Waals surface area contributed by atoms with Crippen molar-refractivity contribution in [2.75, 3.05) is 30.4 Å². The van der Waals surface area contributed by atoms with Crippen LogP contribution in [-0.4, -0.2) is 38.2 Å². The van der Waals surface area contributed by atoms with Gasteiger partial charge < -0.3 is 15.0 Å². The van der Waals surface area contributed by atoms with Gasteiger partial charge in [0.1, 0.15) is 0 Å². The van der Waals surface area contributed by atoms with Crippen molar-refractivity contribution in [2.24, 2.45) is 0 Å². The van der Waals surface area contributed by atoms with Gasteiger partial charge in [-0.2, -0.15) is 0 Å². The minimum Gasteiger partial charge on any atom is -0.453 e. The Hall–Kier alpha value is -3.02. The Morgan fingerprint density at radius 3 is 2.62 bits per heavy atom. The van der Waals surface area contributed by atoms with Crippen molar-refractivity contribution in [3.63, 3.8) is 0 Å². The number of anilines is 2. The number of hydrogen-bond donors (Lipinski definition) is 2. The predicted octanol–water partition coefficient (Wildman–Crippen LogP) is 3.05. The molecule has 0 radical (unpaired) electrons. The number of methoxy groups -OCH3 is 1. The zero-order chi connectivity index (χ0) is 18.5. The predicted molar refractivity (Wildman–Crippen MR) is 102 cm³/mol. The van der Waals surface area contributed by atoms with E-state index >= 15 is 0 Å². The number of hydrogen-bond acceptors (Lipinski definition) is 4. The quantitative estimate of drug-likeness (QED) is 0.867. The largest absolute Gasteiger partial charge is 0.453 e. The molecule has 3 rings (SSSR count). The summed E-state index contributed by atoms with van der Waals surface area (Å²) in [6, 6.07) is 15.3. The Morgan fingerprint density at radius 2 is 1.88 bits per heavy atom. The Bertz CT molecular complexity index is 789. The first-order valence-corrected chi connectivity index (χ1v) is 8.66. The van der Waals surface area contributed by atoms with E-state index in [0.717, 1.165) is 13.0 Å². The second-order valence-electron chi connectivity index (χ2n) is 6.33. The fourth-order valence-electron chi connectivity index (χ4n) is 3.15. The topological polar surface area (TPSA) is 70.7 Å². The van der Waals surface area contributed by atoms with Crippen LogP contribution < -0.4 is 15.5 Å². The molecular formula is C20H23N3O3. The number of amides is 2. The molecule has 2 aromatic carbocycles. The van der Waals surface area contributed by atoms with Crippen LogP contribution in [0.4, 0.5) is 16.2 Å². The lowest BCUT2D eigenvalue weighted by atomic mass is 10.1. The molecule has 0 saturated carbocycles. The van der Waals surface area contributed by atoms with Gasteiger partial charge in [0, 0.05) is 36.1 Å². The Kier molecular flexibility index (Phi) is 5.41. The molecule has 2 aromatic rings. The summed E-state index contributed by atoms with van der Waals surface area (Å²) in [6.07, 6.45) is 0.505. The molecule has 0 fully saturated rings. The molecule has 0 saturated heterocycles. The first-order chi connectivity index (χ1) is 12.6. The minimum absolute atomic E-state index is 0.131. The summed E-state index contributed by atoms with van der Waals surface area (Å²) in [5.74, 6) is -0.131. The number of rotatable bonds is 5. The monoisotopic (exact) mass is 353 g/mol. The third kappa shape index (κ3) is 3.96. The van der Waals surface area contributed by atoms with E-state index < -0.39 is 6.09 Å². The van der Waals surface area contributed by atoms with E-state index in [1.807, 2.05) is 6.07 Å². The molecule has 0 bridgehead atoms. The normalized spacial score (nSPS) is 13.7. The highest BCUT2D eigenvalue weighted by molar-refractivity contribution is 5.95. The summed E-state index contributed by atoms with van der Waals surface area (Å²) in [5.41, 5.74) is 3.75. The fraction of sp³-hybridized carbons (Fsp3) is 0.300. The van der Waals surface area contributed by atoms with Crippen molar-refractivity contribution in [1.29, 1.82) is 0 Å². The summed E-state index contributed by atoms with van der Waals surface area (Å²) in [7, 11) is 1.30. The molecule has 6 nitrogen and oxygen atoms in total. The van der Waals surface area contributed by atoms with Crippen LogP contribution in [-0.2, 0) is 11.2 Å². The first-order valence-electron chi connectivity index (χ1n) is 8.66. The number of carbonyl (C=O) groups is 2. The third-order valence-electron chi connectivity index (χ3n) is 4.59. The van der Waals surface area contributed by atoms with Crippen LogP contribution in [0.15, 0.2) is 48.5 Å². The van der Waals surface area contributed by atoms with E-state index in [4.69, 9.17) is 0 Å². The van der Waals surface area contributed by atoms with E-state index in [2.05, 4.69) is 45.4 Å². The highest BCUT2D eigenvalue weighted by atomic mass is 16.5. The van der Waals surface area contributed by atoms with E-state index in [-0.39, 0.29) is 11.9 Å². The average molecular weight is 353 g/mol. The van der Waals surface area contributed by atoms with E-state index in [1.165, 1.54) is 18.4 Å². The molecule has 0 spiro atoms. The maximum absolute atomic E-state index is 12.4. The van der Waals surface area contributed by atoms with Gasteiger partial charge in [-0.05, 0) is 49.2 Å². The molecule has 136 valence electrons. The summed E-state index contributed by atoms with van der Waals surface area (Å²) < 4.78 is 4.54. The number of ether oxygens (including phenoxy) is 1. The van der Waals surface area contributed by atoms with Gasteiger partial charge >= 0.3 is 6.09 Å². The second kappa shape index (κ2) is 7.91. The number of nitrogens with zero attached hydrogens (tertiary/aromatic N) is 1. The van der Waals surface area contributed by atoms with Gasteiger partial charge in [-0.15, -0.1) is 0 Å². The zero-order valence-electron chi connectivity index (χ0n) is 15.0. The van der Waals surface area contributed by atoms with Crippen molar-refractivity contribution in [3.05, 3.63) is 59.7 Å². The highest BCUT2D eigenvalue weighted by Gasteiger charge is 2.23. The molecule has 0 aromatic heterocycles. The van der Waals surface area contributed by atoms with Crippen LogP contribution in [0.1, 0.15) is 22.8 Å². The van der Waals surface area contributed by atoms with Crippen LogP contribution in [0.5, 0.6) is 0 Å². The van der Waals surface area contributed by atoms with E-state index in [1.54, 1.807) is 24.3 Å². The number of para-hydroxylation sites is 1.